The van der Waals surface area contributed by atoms with Gasteiger partial charge in [0.15, 0.2) is 0 Å². The molecule has 0 amide bonds. The molecule has 19 heavy (non-hydrogen) atoms. The molecule has 0 heterocycles. The van der Waals surface area contributed by atoms with Gasteiger partial charge >= 0.3 is 0 Å². The van der Waals surface area contributed by atoms with E-state index in [4.69, 9.17) is 0 Å². The van der Waals surface area contributed by atoms with Gasteiger partial charge in [0, 0.05) is 17.6 Å². The van der Waals surface area contributed by atoms with Crippen molar-refractivity contribution in [3.63, 3.8) is 0 Å². The van der Waals surface area contributed by atoms with E-state index in [0.29, 0.717) is 5.04 Å². The molecule has 0 aromatic carbocycles. The second-order valence-electron chi connectivity index (χ2n) is 7.99. The SMILES string of the molecule is CCCC(C)(C)[Si]CCCCCCCC[Si](C)(C)C. The van der Waals surface area contributed by atoms with Crippen LogP contribution in [0, 0.1) is 0 Å². The van der Waals surface area contributed by atoms with E-state index in [2.05, 4.69) is 40.4 Å². The van der Waals surface area contributed by atoms with Crippen LogP contribution in [0.5, 0.6) is 0 Å². The van der Waals surface area contributed by atoms with Crippen LogP contribution in [-0.4, -0.2) is 17.6 Å². The molecule has 114 valence electrons. The Hall–Kier alpha value is 0.434. The molecule has 0 saturated carbocycles. The maximum atomic E-state index is 2.49. The third-order valence-electron chi connectivity index (χ3n) is 3.83. The molecule has 0 N–H and O–H groups in total. The molecule has 0 spiro atoms. The summed E-state index contributed by atoms with van der Waals surface area (Å²) in [5, 5.41) is 0.617. The van der Waals surface area contributed by atoms with Crippen molar-refractivity contribution < 1.29 is 0 Å². The number of hydrogen-bond acceptors (Lipinski definition) is 0. The van der Waals surface area contributed by atoms with Crippen LogP contribution >= 0.6 is 0 Å². The van der Waals surface area contributed by atoms with Gasteiger partial charge in [-0.3, -0.25) is 0 Å². The Morgan fingerprint density at radius 2 is 1.37 bits per heavy atom. The maximum absolute atomic E-state index is 2.49. The number of rotatable bonds is 12. The highest BCUT2D eigenvalue weighted by molar-refractivity contribution is 6.76. The molecule has 0 aliphatic heterocycles. The summed E-state index contributed by atoms with van der Waals surface area (Å²) in [6.07, 6.45) is 11.6. The molecule has 2 heteroatoms. The molecule has 0 aromatic rings. The molecule has 0 fully saturated rings. The van der Waals surface area contributed by atoms with Gasteiger partial charge in [0.1, 0.15) is 0 Å². The monoisotopic (exact) mass is 298 g/mol. The average molecular weight is 299 g/mol. The van der Waals surface area contributed by atoms with Crippen molar-refractivity contribution >= 4 is 17.6 Å². The first kappa shape index (κ1) is 19.4. The lowest BCUT2D eigenvalue weighted by atomic mass is 10.1. The molecule has 0 unspecified atom stereocenters. The predicted molar refractivity (Wildman–Crippen MR) is 95.4 cm³/mol. The Morgan fingerprint density at radius 3 is 1.89 bits per heavy atom. The Morgan fingerprint density at radius 1 is 0.842 bits per heavy atom. The minimum atomic E-state index is -0.766. The summed E-state index contributed by atoms with van der Waals surface area (Å²) in [5.41, 5.74) is 0. The van der Waals surface area contributed by atoms with Gasteiger partial charge in [0.2, 0.25) is 0 Å². The highest BCUT2D eigenvalue weighted by Crippen LogP contribution is 2.30. The number of unbranched alkanes of at least 4 members (excludes halogenated alkanes) is 5. The standard InChI is InChI=1S/C17H38Si2/c1-7-14-17(2,3)18-15-12-10-8-9-11-13-16-19(4,5)6/h7-16H2,1-6H3. The first-order valence-corrected chi connectivity index (χ1v) is 13.4. The van der Waals surface area contributed by atoms with Gasteiger partial charge in [-0.2, -0.15) is 0 Å². The smallest absolute Gasteiger partial charge is 0.0448 e. The normalized spacial score (nSPS) is 12.9. The molecule has 0 aromatic heterocycles. The van der Waals surface area contributed by atoms with Crippen molar-refractivity contribution in [1.29, 1.82) is 0 Å². The van der Waals surface area contributed by atoms with Crippen LogP contribution < -0.4 is 0 Å². The Bertz CT molecular complexity index is 204. The summed E-state index contributed by atoms with van der Waals surface area (Å²) < 4.78 is 0. The van der Waals surface area contributed by atoms with Crippen LogP contribution in [0.3, 0.4) is 0 Å². The van der Waals surface area contributed by atoms with E-state index in [1.54, 1.807) is 0 Å². The Labute approximate surface area is 127 Å². The minimum absolute atomic E-state index is 0.617. The fraction of sp³-hybridized carbons (Fsp3) is 1.00. The van der Waals surface area contributed by atoms with Crippen molar-refractivity contribution in [2.75, 3.05) is 0 Å². The van der Waals surface area contributed by atoms with Gasteiger partial charge in [-0.25, -0.2) is 0 Å². The van der Waals surface area contributed by atoms with Crippen LogP contribution in [0.2, 0.25) is 36.8 Å². The minimum Gasteiger partial charge on any atom is -0.0695 e. The van der Waals surface area contributed by atoms with Gasteiger partial charge < -0.3 is 0 Å². The van der Waals surface area contributed by atoms with Crippen LogP contribution in [0.25, 0.3) is 0 Å². The second kappa shape index (κ2) is 10.2. The number of hydrogen-bond donors (Lipinski definition) is 0. The molecule has 0 aliphatic rings. The molecule has 0 rings (SSSR count). The molecule has 0 bridgehead atoms. The lowest BCUT2D eigenvalue weighted by molar-refractivity contribution is 0.582. The van der Waals surface area contributed by atoms with E-state index in [0.717, 1.165) is 0 Å². The zero-order valence-electron chi connectivity index (χ0n) is 14.6. The zero-order chi connectivity index (χ0) is 14.8. The summed E-state index contributed by atoms with van der Waals surface area (Å²) in [6, 6.07) is 3.00. The zero-order valence-corrected chi connectivity index (χ0v) is 16.6. The van der Waals surface area contributed by atoms with Gasteiger partial charge in [-0.05, 0) is 5.04 Å². The van der Waals surface area contributed by atoms with Crippen molar-refractivity contribution in [2.45, 2.75) is 109 Å². The quantitative estimate of drug-likeness (QED) is 0.275. The predicted octanol–water partition coefficient (Wildman–Crippen LogP) is 6.79. The van der Waals surface area contributed by atoms with Gasteiger partial charge in [-0.15, -0.1) is 0 Å². The Balaban J connectivity index is 3.28. The largest absolute Gasteiger partial charge is 0.0695 e. The van der Waals surface area contributed by atoms with E-state index in [-0.39, 0.29) is 0 Å². The van der Waals surface area contributed by atoms with Crippen molar-refractivity contribution in [2.24, 2.45) is 0 Å². The van der Waals surface area contributed by atoms with Crippen molar-refractivity contribution in [3.05, 3.63) is 0 Å². The average Bonchev–Trinajstić information content (AvgIpc) is 2.25. The van der Waals surface area contributed by atoms with E-state index in [9.17, 15) is 0 Å². The first-order valence-electron chi connectivity index (χ1n) is 8.52. The summed E-state index contributed by atoms with van der Waals surface area (Å²) >= 11 is 0. The van der Waals surface area contributed by atoms with Crippen molar-refractivity contribution in [3.8, 4) is 0 Å². The molecular formula is C17H38Si2. The highest BCUT2D eigenvalue weighted by Gasteiger charge is 2.16. The van der Waals surface area contributed by atoms with E-state index < -0.39 is 8.07 Å². The van der Waals surface area contributed by atoms with Crippen LogP contribution in [0.1, 0.15) is 72.1 Å². The summed E-state index contributed by atoms with van der Waals surface area (Å²) in [6.45, 7) is 14.7. The fourth-order valence-corrected chi connectivity index (χ4v) is 5.47. The molecule has 0 nitrogen and oxygen atoms in total. The fourth-order valence-electron chi connectivity index (χ4n) is 2.63. The topological polar surface area (TPSA) is 0 Å². The van der Waals surface area contributed by atoms with Crippen LogP contribution in [0.15, 0.2) is 0 Å². The van der Waals surface area contributed by atoms with E-state index >= 15 is 0 Å². The molecule has 0 aliphatic carbocycles. The molecule has 0 saturated heterocycles. The van der Waals surface area contributed by atoms with Crippen LogP contribution in [0.4, 0.5) is 0 Å². The summed E-state index contributed by atoms with van der Waals surface area (Å²) in [5.74, 6) is 0. The highest BCUT2D eigenvalue weighted by atomic mass is 28.3. The van der Waals surface area contributed by atoms with E-state index in [1.165, 1.54) is 73.0 Å². The molecule has 2 radical (unpaired) electrons. The lowest BCUT2D eigenvalue weighted by Gasteiger charge is -2.22. The third kappa shape index (κ3) is 14.7. The summed E-state index contributed by atoms with van der Waals surface area (Å²) in [4.78, 5) is 0. The maximum Gasteiger partial charge on any atom is 0.0448 e. The van der Waals surface area contributed by atoms with Gasteiger partial charge in [0.05, 0.1) is 0 Å². The molecule has 0 atom stereocenters. The van der Waals surface area contributed by atoms with Gasteiger partial charge in [0.25, 0.3) is 0 Å². The lowest BCUT2D eigenvalue weighted by Crippen LogP contribution is -2.18. The first-order chi connectivity index (χ1) is 8.77. The van der Waals surface area contributed by atoms with E-state index in [1.807, 2.05) is 0 Å². The van der Waals surface area contributed by atoms with Crippen molar-refractivity contribution in [1.82, 2.24) is 0 Å². The summed E-state index contributed by atoms with van der Waals surface area (Å²) in [7, 11) is 0.410. The second-order valence-corrected chi connectivity index (χ2v) is 15.8. The molecular weight excluding hydrogens is 260 g/mol. The third-order valence-corrected chi connectivity index (χ3v) is 7.50. The Kier molecular flexibility index (Phi) is 10.4. The van der Waals surface area contributed by atoms with Gasteiger partial charge in [-0.1, -0.05) is 104 Å². The van der Waals surface area contributed by atoms with Crippen LogP contribution in [-0.2, 0) is 0 Å².